The highest BCUT2D eigenvalue weighted by Gasteiger charge is 2.22. The lowest BCUT2D eigenvalue weighted by Crippen LogP contribution is -2.21. The van der Waals surface area contributed by atoms with Crippen molar-refractivity contribution in [3.63, 3.8) is 0 Å². The van der Waals surface area contributed by atoms with Gasteiger partial charge in [0, 0.05) is 20.0 Å². The van der Waals surface area contributed by atoms with Gasteiger partial charge < -0.3 is 14.4 Å². The Kier molecular flexibility index (Phi) is 2.87. The monoisotopic (exact) mass is 257 g/mol. The molecule has 1 N–H and O–H groups in total. The highest BCUT2D eigenvalue weighted by Crippen LogP contribution is 2.28. The molecule has 0 spiro atoms. The fourth-order valence-electron chi connectivity index (χ4n) is 2.42. The van der Waals surface area contributed by atoms with E-state index in [9.17, 15) is 9.90 Å². The molecular formula is C15H15NO3. The Morgan fingerprint density at radius 2 is 2.11 bits per heavy atom. The van der Waals surface area contributed by atoms with Gasteiger partial charge in [-0.1, -0.05) is 18.2 Å². The summed E-state index contributed by atoms with van der Waals surface area (Å²) in [4.78, 5) is 13.2. The maximum Gasteiger partial charge on any atom is 0.220 e. The molecule has 4 nitrogen and oxygen atoms in total. The minimum atomic E-state index is -0.758. The number of hydrogen-bond acceptors (Lipinski definition) is 3. The molecule has 1 aliphatic heterocycles. The van der Waals surface area contributed by atoms with Crippen LogP contribution in [0.4, 0.5) is 0 Å². The molecule has 0 fully saturated rings. The Labute approximate surface area is 111 Å². The fraction of sp³-hybridized carbons (Fsp3) is 0.267. The zero-order valence-electron chi connectivity index (χ0n) is 10.7. The number of amides is 1. The van der Waals surface area contributed by atoms with Crippen LogP contribution in [0.25, 0.3) is 0 Å². The van der Waals surface area contributed by atoms with Crippen LogP contribution in [-0.2, 0) is 17.9 Å². The third kappa shape index (κ3) is 2.15. The Hall–Kier alpha value is -2.07. The van der Waals surface area contributed by atoms with Gasteiger partial charge in [0.05, 0.1) is 6.26 Å². The Balaban J connectivity index is 1.88. The van der Waals surface area contributed by atoms with Gasteiger partial charge >= 0.3 is 0 Å². The molecule has 1 aliphatic rings. The van der Waals surface area contributed by atoms with E-state index < -0.39 is 6.10 Å². The number of furan rings is 1. The fourth-order valence-corrected chi connectivity index (χ4v) is 2.42. The molecule has 0 radical (unpaired) electrons. The van der Waals surface area contributed by atoms with Crippen LogP contribution < -0.4 is 0 Å². The number of carbonyl (C=O) groups is 1. The van der Waals surface area contributed by atoms with Crippen molar-refractivity contribution < 1.29 is 14.3 Å². The molecule has 0 bridgehead atoms. The normalized spacial score (nSPS) is 15.4. The van der Waals surface area contributed by atoms with Crippen molar-refractivity contribution in [3.05, 3.63) is 59.0 Å². The first kappa shape index (κ1) is 12.0. The quantitative estimate of drug-likeness (QED) is 0.897. The van der Waals surface area contributed by atoms with Crippen LogP contribution in [0.3, 0.4) is 0 Å². The standard InChI is InChI=1S/C15H15NO3/c1-10(17)16-8-12-5-4-11(7-13(12)9-16)15(18)14-3-2-6-19-14/h2-7,15,18H,8-9H2,1H3. The number of aliphatic hydroxyl groups is 1. The average Bonchev–Trinajstić information content (AvgIpc) is 3.06. The van der Waals surface area contributed by atoms with Crippen LogP contribution in [0.5, 0.6) is 0 Å². The van der Waals surface area contributed by atoms with Gasteiger partial charge in [0.25, 0.3) is 0 Å². The SMILES string of the molecule is CC(=O)N1Cc2ccc(C(O)c3ccco3)cc2C1. The van der Waals surface area contributed by atoms with Crippen molar-refractivity contribution in [1.82, 2.24) is 4.90 Å². The molecule has 0 aliphatic carbocycles. The largest absolute Gasteiger partial charge is 0.466 e. The number of benzene rings is 1. The molecule has 1 unspecified atom stereocenters. The highest BCUT2D eigenvalue weighted by atomic mass is 16.4. The topological polar surface area (TPSA) is 53.7 Å². The molecule has 3 rings (SSSR count). The predicted molar refractivity (Wildman–Crippen MR) is 69.1 cm³/mol. The maximum atomic E-state index is 11.4. The summed E-state index contributed by atoms with van der Waals surface area (Å²) in [6.07, 6.45) is 0.787. The zero-order valence-corrected chi connectivity index (χ0v) is 10.7. The highest BCUT2D eigenvalue weighted by molar-refractivity contribution is 5.74. The first-order valence-electron chi connectivity index (χ1n) is 6.24. The molecular weight excluding hydrogens is 242 g/mol. The van der Waals surface area contributed by atoms with Crippen LogP contribution in [-0.4, -0.2) is 15.9 Å². The summed E-state index contributed by atoms with van der Waals surface area (Å²) >= 11 is 0. The minimum Gasteiger partial charge on any atom is -0.466 e. The smallest absolute Gasteiger partial charge is 0.220 e. The van der Waals surface area contributed by atoms with Crippen molar-refractivity contribution >= 4 is 5.91 Å². The molecule has 1 aromatic heterocycles. The van der Waals surface area contributed by atoms with E-state index >= 15 is 0 Å². The number of fused-ring (bicyclic) bond motifs is 1. The van der Waals surface area contributed by atoms with Gasteiger partial charge in [-0.05, 0) is 28.8 Å². The molecule has 98 valence electrons. The van der Waals surface area contributed by atoms with Crippen molar-refractivity contribution in [2.75, 3.05) is 0 Å². The minimum absolute atomic E-state index is 0.0735. The van der Waals surface area contributed by atoms with E-state index in [4.69, 9.17) is 4.42 Å². The molecule has 4 heteroatoms. The van der Waals surface area contributed by atoms with Gasteiger partial charge in [0.15, 0.2) is 0 Å². The third-order valence-electron chi connectivity index (χ3n) is 3.53. The van der Waals surface area contributed by atoms with E-state index in [1.807, 2.05) is 18.2 Å². The third-order valence-corrected chi connectivity index (χ3v) is 3.53. The average molecular weight is 257 g/mol. The van der Waals surface area contributed by atoms with Crippen LogP contribution in [0.1, 0.15) is 35.5 Å². The maximum absolute atomic E-state index is 11.4. The lowest BCUT2D eigenvalue weighted by Gasteiger charge is -2.11. The van der Waals surface area contributed by atoms with Crippen molar-refractivity contribution in [1.29, 1.82) is 0 Å². The molecule has 0 saturated heterocycles. The van der Waals surface area contributed by atoms with Gasteiger partial charge in [-0.15, -0.1) is 0 Å². The molecule has 1 amide bonds. The summed E-state index contributed by atoms with van der Waals surface area (Å²) in [6, 6.07) is 9.31. The molecule has 1 atom stereocenters. The number of rotatable bonds is 2. The van der Waals surface area contributed by atoms with E-state index in [-0.39, 0.29) is 5.91 Å². The van der Waals surface area contributed by atoms with Crippen LogP contribution in [0, 0.1) is 0 Å². The van der Waals surface area contributed by atoms with Crippen LogP contribution >= 0.6 is 0 Å². The molecule has 0 saturated carbocycles. The van der Waals surface area contributed by atoms with Crippen molar-refractivity contribution in [3.8, 4) is 0 Å². The Morgan fingerprint density at radius 1 is 1.32 bits per heavy atom. The number of nitrogens with zero attached hydrogens (tertiary/aromatic N) is 1. The second-order valence-electron chi connectivity index (χ2n) is 4.82. The van der Waals surface area contributed by atoms with E-state index in [1.54, 1.807) is 30.2 Å². The predicted octanol–water partition coefficient (Wildman–Crippen LogP) is 2.22. The summed E-state index contributed by atoms with van der Waals surface area (Å²) in [7, 11) is 0. The van der Waals surface area contributed by atoms with E-state index in [0.717, 1.165) is 16.7 Å². The van der Waals surface area contributed by atoms with Crippen molar-refractivity contribution in [2.24, 2.45) is 0 Å². The molecule has 1 aromatic carbocycles. The van der Waals surface area contributed by atoms with Gasteiger partial charge in [-0.25, -0.2) is 0 Å². The zero-order chi connectivity index (χ0) is 13.4. The summed E-state index contributed by atoms with van der Waals surface area (Å²) in [6.45, 7) is 2.84. The lowest BCUT2D eigenvalue weighted by molar-refractivity contribution is -0.129. The second kappa shape index (κ2) is 4.55. The number of carbonyl (C=O) groups excluding carboxylic acids is 1. The molecule has 19 heavy (non-hydrogen) atoms. The molecule has 2 heterocycles. The van der Waals surface area contributed by atoms with Gasteiger partial charge in [-0.3, -0.25) is 4.79 Å². The summed E-state index contributed by atoms with van der Waals surface area (Å²) in [5, 5.41) is 10.2. The summed E-state index contributed by atoms with van der Waals surface area (Å²) in [5.74, 6) is 0.603. The van der Waals surface area contributed by atoms with Crippen LogP contribution in [0.2, 0.25) is 0 Å². The first-order chi connectivity index (χ1) is 9.15. The summed E-state index contributed by atoms with van der Waals surface area (Å²) < 4.78 is 5.21. The van der Waals surface area contributed by atoms with Crippen molar-refractivity contribution in [2.45, 2.75) is 26.1 Å². The van der Waals surface area contributed by atoms with Crippen LogP contribution in [0.15, 0.2) is 41.0 Å². The number of aliphatic hydroxyl groups excluding tert-OH is 1. The van der Waals surface area contributed by atoms with E-state index in [1.165, 1.54) is 0 Å². The first-order valence-corrected chi connectivity index (χ1v) is 6.24. The van der Waals surface area contributed by atoms with E-state index in [2.05, 4.69) is 0 Å². The second-order valence-corrected chi connectivity index (χ2v) is 4.82. The summed E-state index contributed by atoms with van der Waals surface area (Å²) in [5.41, 5.74) is 3.03. The van der Waals surface area contributed by atoms with Gasteiger partial charge in [0.2, 0.25) is 5.91 Å². The van der Waals surface area contributed by atoms with Gasteiger partial charge in [0.1, 0.15) is 11.9 Å². The van der Waals surface area contributed by atoms with E-state index in [0.29, 0.717) is 18.8 Å². The Morgan fingerprint density at radius 3 is 2.79 bits per heavy atom. The Bertz CT molecular complexity index is 604. The number of hydrogen-bond donors (Lipinski definition) is 1. The molecule has 2 aromatic rings. The van der Waals surface area contributed by atoms with Gasteiger partial charge in [-0.2, -0.15) is 0 Å². The lowest BCUT2D eigenvalue weighted by atomic mass is 10.0.